The smallest absolute Gasteiger partial charge is 0.266 e. The number of fused-ring (bicyclic) bond motifs is 1. The summed E-state index contributed by atoms with van der Waals surface area (Å²) in [5.74, 6) is -0.143. The molecule has 2 heterocycles. The predicted octanol–water partition coefficient (Wildman–Crippen LogP) is 3.17. The minimum Gasteiger partial charge on any atom is -0.368 e. The first-order valence-electron chi connectivity index (χ1n) is 8.40. The molecule has 1 aliphatic rings. The Kier molecular flexibility index (Phi) is 4.40. The highest BCUT2D eigenvalue weighted by Crippen LogP contribution is 2.17. The van der Waals surface area contributed by atoms with Crippen molar-refractivity contribution < 1.29 is 9.53 Å². The van der Waals surface area contributed by atoms with Crippen molar-refractivity contribution >= 4 is 34.7 Å². The van der Waals surface area contributed by atoms with Crippen LogP contribution < -0.4 is 10.9 Å². The van der Waals surface area contributed by atoms with Crippen LogP contribution in [0.1, 0.15) is 12.8 Å². The molecule has 1 aliphatic heterocycles. The molecule has 26 heavy (non-hydrogen) atoms. The normalized spacial score (nSPS) is 16.7. The number of carbonyl (C=O) groups is 1. The molecule has 1 fully saturated rings. The average Bonchev–Trinajstić information content (AvgIpc) is 3.18. The summed E-state index contributed by atoms with van der Waals surface area (Å²) in [5, 5.41) is 3.40. The molecule has 0 spiro atoms. The molecule has 1 saturated heterocycles. The summed E-state index contributed by atoms with van der Waals surface area (Å²) in [7, 11) is 0. The van der Waals surface area contributed by atoms with Gasteiger partial charge in [-0.1, -0.05) is 12.1 Å². The summed E-state index contributed by atoms with van der Waals surface area (Å²) in [6, 6.07) is 14.3. The number of nitrogens with zero attached hydrogens (tertiary/aromatic N) is 1. The van der Waals surface area contributed by atoms with Crippen LogP contribution in [0.2, 0.25) is 0 Å². The van der Waals surface area contributed by atoms with E-state index in [0.717, 1.165) is 12.8 Å². The molecule has 0 radical (unpaired) electrons. The number of carbonyl (C=O) groups excluding carboxylic acids is 1. The first-order chi connectivity index (χ1) is 12.6. The minimum absolute atomic E-state index is 0.143. The van der Waals surface area contributed by atoms with Gasteiger partial charge in [-0.3, -0.25) is 14.2 Å². The molecule has 1 amide bonds. The molecular weight excluding hydrogens is 350 g/mol. The van der Waals surface area contributed by atoms with Gasteiger partial charge in [-0.05, 0) is 61.5 Å². The van der Waals surface area contributed by atoms with Gasteiger partial charge in [0.15, 0.2) is 4.77 Å². The predicted molar refractivity (Wildman–Crippen MR) is 102 cm³/mol. The maximum atomic E-state index is 12.8. The van der Waals surface area contributed by atoms with Crippen LogP contribution in [0.5, 0.6) is 0 Å². The lowest BCUT2D eigenvalue weighted by Gasteiger charge is -2.12. The number of amides is 1. The van der Waals surface area contributed by atoms with Crippen molar-refractivity contribution in [1.82, 2.24) is 9.55 Å². The molecule has 7 heteroatoms. The number of nitrogens with one attached hydrogen (secondary N) is 2. The maximum Gasteiger partial charge on any atom is 0.266 e. The molecule has 0 aliphatic carbocycles. The average molecular weight is 367 g/mol. The van der Waals surface area contributed by atoms with Crippen LogP contribution in [0.4, 0.5) is 5.69 Å². The number of H-pyrrole nitrogens is 1. The third-order valence-corrected chi connectivity index (χ3v) is 4.71. The summed E-state index contributed by atoms with van der Waals surface area (Å²) in [4.78, 5) is 28.0. The van der Waals surface area contributed by atoms with Crippen LogP contribution in [-0.4, -0.2) is 28.2 Å². The first kappa shape index (κ1) is 16.7. The molecule has 2 aromatic carbocycles. The van der Waals surface area contributed by atoms with Gasteiger partial charge in [0.05, 0.1) is 16.6 Å². The zero-order chi connectivity index (χ0) is 18.1. The molecule has 1 atom stereocenters. The van der Waals surface area contributed by atoms with Crippen LogP contribution in [0.3, 0.4) is 0 Å². The summed E-state index contributed by atoms with van der Waals surface area (Å²) in [5.41, 5.74) is 1.81. The molecule has 0 saturated carbocycles. The molecular formula is C19H17N3O3S. The molecule has 0 bridgehead atoms. The van der Waals surface area contributed by atoms with E-state index in [9.17, 15) is 9.59 Å². The van der Waals surface area contributed by atoms with Crippen molar-refractivity contribution in [2.45, 2.75) is 18.9 Å². The van der Waals surface area contributed by atoms with Crippen molar-refractivity contribution in [2.75, 3.05) is 11.9 Å². The van der Waals surface area contributed by atoms with E-state index in [1.165, 1.54) is 4.57 Å². The summed E-state index contributed by atoms with van der Waals surface area (Å²) in [6.07, 6.45) is 1.26. The Morgan fingerprint density at radius 1 is 1.19 bits per heavy atom. The first-order valence-corrected chi connectivity index (χ1v) is 8.81. The third kappa shape index (κ3) is 3.07. The standard InChI is InChI=1S/C19H17N3O3S/c23-17(16-6-3-11-25-16)20-12-7-9-13(10-8-12)22-18(24)14-4-1-2-5-15(14)21-19(22)26/h1-2,4-5,7-10,16H,3,6,11H2,(H,20,23)(H,21,26)/t16-/m0/s1. The zero-order valence-corrected chi connectivity index (χ0v) is 14.7. The number of hydrogen-bond donors (Lipinski definition) is 2. The van der Waals surface area contributed by atoms with Gasteiger partial charge >= 0.3 is 0 Å². The Hall–Kier alpha value is -2.77. The van der Waals surface area contributed by atoms with E-state index in [0.29, 0.717) is 33.7 Å². The second-order valence-corrected chi connectivity index (χ2v) is 6.54. The van der Waals surface area contributed by atoms with E-state index in [2.05, 4.69) is 10.3 Å². The van der Waals surface area contributed by atoms with E-state index in [1.54, 1.807) is 30.3 Å². The fourth-order valence-electron chi connectivity index (χ4n) is 3.10. The lowest BCUT2D eigenvalue weighted by atomic mass is 10.2. The van der Waals surface area contributed by atoms with E-state index in [4.69, 9.17) is 17.0 Å². The zero-order valence-electron chi connectivity index (χ0n) is 13.9. The lowest BCUT2D eigenvalue weighted by Crippen LogP contribution is -2.26. The largest absolute Gasteiger partial charge is 0.368 e. The van der Waals surface area contributed by atoms with Gasteiger partial charge in [-0.2, -0.15) is 0 Å². The van der Waals surface area contributed by atoms with Crippen LogP contribution in [0.15, 0.2) is 53.3 Å². The van der Waals surface area contributed by atoms with E-state index in [1.807, 2.05) is 18.2 Å². The maximum absolute atomic E-state index is 12.8. The van der Waals surface area contributed by atoms with Crippen molar-refractivity contribution in [3.8, 4) is 5.69 Å². The number of aromatic nitrogens is 2. The van der Waals surface area contributed by atoms with Gasteiger partial charge in [0.2, 0.25) is 0 Å². The van der Waals surface area contributed by atoms with Crippen molar-refractivity contribution in [1.29, 1.82) is 0 Å². The number of aromatic amines is 1. The van der Waals surface area contributed by atoms with Crippen molar-refractivity contribution in [3.05, 3.63) is 63.7 Å². The highest BCUT2D eigenvalue weighted by Gasteiger charge is 2.23. The van der Waals surface area contributed by atoms with Crippen molar-refractivity contribution in [3.63, 3.8) is 0 Å². The highest BCUT2D eigenvalue weighted by molar-refractivity contribution is 7.71. The van der Waals surface area contributed by atoms with Gasteiger partial charge in [0.1, 0.15) is 6.10 Å². The monoisotopic (exact) mass is 367 g/mol. The third-order valence-electron chi connectivity index (χ3n) is 4.42. The van der Waals surface area contributed by atoms with E-state index in [-0.39, 0.29) is 17.6 Å². The van der Waals surface area contributed by atoms with Gasteiger partial charge in [0, 0.05) is 12.3 Å². The van der Waals surface area contributed by atoms with Gasteiger partial charge in [-0.15, -0.1) is 0 Å². The van der Waals surface area contributed by atoms with E-state index < -0.39 is 0 Å². The van der Waals surface area contributed by atoms with Gasteiger partial charge in [-0.25, -0.2) is 0 Å². The fourth-order valence-corrected chi connectivity index (χ4v) is 3.40. The summed E-state index contributed by atoms with van der Waals surface area (Å²) < 4.78 is 7.15. The number of rotatable bonds is 3. The van der Waals surface area contributed by atoms with Crippen LogP contribution in [-0.2, 0) is 9.53 Å². The summed E-state index contributed by atoms with van der Waals surface area (Å²) in [6.45, 7) is 0.625. The fraction of sp³-hybridized carbons (Fsp3) is 0.211. The van der Waals surface area contributed by atoms with Crippen molar-refractivity contribution in [2.24, 2.45) is 0 Å². The number of anilines is 1. The van der Waals surface area contributed by atoms with Crippen LogP contribution in [0, 0.1) is 4.77 Å². The van der Waals surface area contributed by atoms with Crippen LogP contribution >= 0.6 is 12.2 Å². The van der Waals surface area contributed by atoms with Gasteiger partial charge in [0.25, 0.3) is 11.5 Å². The molecule has 1 aromatic heterocycles. The second-order valence-electron chi connectivity index (χ2n) is 6.15. The molecule has 0 unspecified atom stereocenters. The Bertz CT molecular complexity index is 1080. The Morgan fingerprint density at radius 3 is 2.69 bits per heavy atom. The number of hydrogen-bond acceptors (Lipinski definition) is 4. The summed E-state index contributed by atoms with van der Waals surface area (Å²) >= 11 is 5.35. The Morgan fingerprint density at radius 2 is 1.96 bits per heavy atom. The molecule has 3 aromatic rings. The van der Waals surface area contributed by atoms with Crippen LogP contribution in [0.25, 0.3) is 16.6 Å². The highest BCUT2D eigenvalue weighted by atomic mass is 32.1. The Labute approximate surface area is 154 Å². The molecule has 6 nitrogen and oxygen atoms in total. The number of para-hydroxylation sites is 1. The lowest BCUT2D eigenvalue weighted by molar-refractivity contribution is -0.124. The Balaban J connectivity index is 1.65. The minimum atomic E-state index is -0.383. The van der Waals surface area contributed by atoms with E-state index >= 15 is 0 Å². The number of benzene rings is 2. The quantitative estimate of drug-likeness (QED) is 0.697. The van der Waals surface area contributed by atoms with Gasteiger partial charge < -0.3 is 15.0 Å². The topological polar surface area (TPSA) is 76.1 Å². The second kappa shape index (κ2) is 6.86. The molecule has 132 valence electrons. The SMILES string of the molecule is O=C(Nc1ccc(-n2c(=S)[nH]c3ccccc3c2=O)cc1)[C@@H]1CCCO1. The molecule has 2 N–H and O–H groups in total. The molecule has 4 rings (SSSR count). The number of ether oxygens (including phenoxy) is 1.